The molecular formula is C14H8Br2N2OS. The van der Waals surface area contributed by atoms with Crippen molar-refractivity contribution in [2.24, 2.45) is 0 Å². The van der Waals surface area contributed by atoms with E-state index in [2.05, 4.69) is 41.8 Å². The quantitative estimate of drug-likeness (QED) is 0.664. The smallest absolute Gasteiger partial charge is 0.266 e. The van der Waals surface area contributed by atoms with E-state index in [1.54, 1.807) is 0 Å². The van der Waals surface area contributed by atoms with Crippen molar-refractivity contribution in [2.45, 2.75) is 0 Å². The number of hydrogen-bond acceptors (Lipinski definition) is 3. The highest BCUT2D eigenvalue weighted by atomic mass is 79.9. The molecule has 0 bridgehead atoms. The van der Waals surface area contributed by atoms with Gasteiger partial charge < -0.3 is 4.98 Å². The van der Waals surface area contributed by atoms with Crippen molar-refractivity contribution in [3.05, 3.63) is 61.1 Å². The van der Waals surface area contributed by atoms with Crippen molar-refractivity contribution in [1.82, 2.24) is 9.97 Å². The molecule has 6 heteroatoms. The summed E-state index contributed by atoms with van der Waals surface area (Å²) in [6.07, 6.45) is 0. The van der Waals surface area contributed by atoms with E-state index in [4.69, 9.17) is 0 Å². The summed E-state index contributed by atoms with van der Waals surface area (Å²) in [7, 11) is 0. The number of benzene rings is 1. The molecule has 2 heterocycles. The minimum atomic E-state index is -0.182. The second-order valence-electron chi connectivity index (χ2n) is 4.07. The molecule has 3 rings (SSSR count). The molecule has 2 aromatic heterocycles. The highest BCUT2D eigenvalue weighted by Gasteiger charge is 2.13. The first-order chi connectivity index (χ1) is 9.65. The van der Waals surface area contributed by atoms with Crippen molar-refractivity contribution in [3.63, 3.8) is 0 Å². The van der Waals surface area contributed by atoms with Crippen LogP contribution >= 0.6 is 43.2 Å². The minimum Gasteiger partial charge on any atom is -0.305 e. The maximum absolute atomic E-state index is 12.1. The van der Waals surface area contributed by atoms with Gasteiger partial charge in [-0.05, 0) is 37.9 Å². The summed E-state index contributed by atoms with van der Waals surface area (Å²) in [5.74, 6) is 0.577. The monoisotopic (exact) mass is 410 g/mol. The number of hydrogen-bond donors (Lipinski definition) is 1. The molecule has 100 valence electrons. The van der Waals surface area contributed by atoms with E-state index in [9.17, 15) is 4.79 Å². The Morgan fingerprint density at radius 1 is 1.15 bits per heavy atom. The highest BCUT2D eigenvalue weighted by molar-refractivity contribution is 9.10. The SMILES string of the molecule is O=c1[nH]c(-c2cc(Br)cs2)nc(-c2ccccc2)c1Br. The van der Waals surface area contributed by atoms with Crippen LogP contribution in [0.25, 0.3) is 22.0 Å². The normalized spacial score (nSPS) is 10.7. The van der Waals surface area contributed by atoms with Crippen molar-refractivity contribution >= 4 is 43.2 Å². The number of halogens is 2. The Hall–Kier alpha value is -1.24. The molecule has 0 saturated heterocycles. The van der Waals surface area contributed by atoms with Gasteiger partial charge in [-0.25, -0.2) is 4.98 Å². The summed E-state index contributed by atoms with van der Waals surface area (Å²) >= 11 is 8.25. The minimum absolute atomic E-state index is 0.182. The van der Waals surface area contributed by atoms with Crippen LogP contribution < -0.4 is 5.56 Å². The van der Waals surface area contributed by atoms with Gasteiger partial charge in [-0.15, -0.1) is 11.3 Å². The summed E-state index contributed by atoms with van der Waals surface area (Å²) < 4.78 is 1.42. The maximum atomic E-state index is 12.1. The summed E-state index contributed by atoms with van der Waals surface area (Å²) in [6, 6.07) is 11.6. The Morgan fingerprint density at radius 3 is 2.55 bits per heavy atom. The topological polar surface area (TPSA) is 45.8 Å². The Balaban J connectivity index is 2.21. The third-order valence-corrected chi connectivity index (χ3v) is 5.14. The first-order valence-corrected chi connectivity index (χ1v) is 8.21. The van der Waals surface area contributed by atoms with Gasteiger partial charge in [0.25, 0.3) is 5.56 Å². The van der Waals surface area contributed by atoms with E-state index < -0.39 is 0 Å². The third-order valence-electron chi connectivity index (χ3n) is 2.71. The third kappa shape index (κ3) is 2.63. The zero-order valence-corrected chi connectivity index (χ0v) is 14.0. The van der Waals surface area contributed by atoms with Gasteiger partial charge in [0, 0.05) is 15.4 Å². The number of nitrogens with zero attached hydrogens (tertiary/aromatic N) is 1. The van der Waals surface area contributed by atoms with Gasteiger partial charge in [-0.3, -0.25) is 4.79 Å². The molecule has 0 atom stereocenters. The van der Waals surface area contributed by atoms with Gasteiger partial charge in [-0.2, -0.15) is 0 Å². The maximum Gasteiger partial charge on any atom is 0.266 e. The molecule has 0 fully saturated rings. The second kappa shape index (κ2) is 5.63. The van der Waals surface area contributed by atoms with E-state index in [1.807, 2.05) is 41.8 Å². The van der Waals surface area contributed by atoms with Crippen molar-refractivity contribution in [2.75, 3.05) is 0 Å². The van der Waals surface area contributed by atoms with Crippen LogP contribution in [0.5, 0.6) is 0 Å². The van der Waals surface area contributed by atoms with Gasteiger partial charge in [-0.1, -0.05) is 30.3 Å². The number of H-pyrrole nitrogens is 1. The zero-order chi connectivity index (χ0) is 14.1. The molecule has 0 radical (unpaired) electrons. The number of aromatic amines is 1. The zero-order valence-electron chi connectivity index (χ0n) is 10.1. The lowest BCUT2D eigenvalue weighted by Crippen LogP contribution is -2.11. The number of thiophene rings is 1. The molecule has 0 amide bonds. The molecule has 0 unspecified atom stereocenters. The first-order valence-electron chi connectivity index (χ1n) is 5.75. The summed E-state index contributed by atoms with van der Waals surface area (Å²) in [5.41, 5.74) is 1.37. The van der Waals surface area contributed by atoms with Crippen LogP contribution in [-0.2, 0) is 0 Å². The van der Waals surface area contributed by atoms with Crippen molar-refractivity contribution in [1.29, 1.82) is 0 Å². The van der Waals surface area contributed by atoms with Crippen LogP contribution in [-0.4, -0.2) is 9.97 Å². The van der Waals surface area contributed by atoms with E-state index in [0.29, 0.717) is 16.0 Å². The number of rotatable bonds is 2. The predicted octanol–water partition coefficient (Wildman–Crippen LogP) is 4.69. The molecule has 0 spiro atoms. The standard InChI is InChI=1S/C14H8Br2N2OS/c15-9-6-10(20-7-9)13-17-12(11(16)14(19)18-13)8-4-2-1-3-5-8/h1-7H,(H,17,18,19). The summed E-state index contributed by atoms with van der Waals surface area (Å²) in [6.45, 7) is 0. The van der Waals surface area contributed by atoms with Gasteiger partial charge in [0.2, 0.25) is 0 Å². The lowest BCUT2D eigenvalue weighted by Gasteiger charge is -2.05. The lowest BCUT2D eigenvalue weighted by atomic mass is 10.1. The predicted molar refractivity (Wildman–Crippen MR) is 89.0 cm³/mol. The Bertz CT molecular complexity index is 812. The second-order valence-corrected chi connectivity index (χ2v) is 6.69. The molecule has 20 heavy (non-hydrogen) atoms. The van der Waals surface area contributed by atoms with Crippen LogP contribution in [0.15, 0.2) is 55.5 Å². The number of nitrogens with one attached hydrogen (secondary N) is 1. The Kier molecular flexibility index (Phi) is 3.87. The van der Waals surface area contributed by atoms with Crippen molar-refractivity contribution in [3.8, 4) is 22.0 Å². The summed E-state index contributed by atoms with van der Waals surface area (Å²) in [5, 5.41) is 1.96. The van der Waals surface area contributed by atoms with Gasteiger partial charge >= 0.3 is 0 Å². The average Bonchev–Trinajstić information content (AvgIpc) is 2.89. The molecular weight excluding hydrogens is 404 g/mol. The average molecular weight is 412 g/mol. The molecule has 0 aliphatic heterocycles. The van der Waals surface area contributed by atoms with Crippen LogP contribution in [0.2, 0.25) is 0 Å². The van der Waals surface area contributed by atoms with E-state index >= 15 is 0 Å². The molecule has 0 aliphatic rings. The van der Waals surface area contributed by atoms with Gasteiger partial charge in [0.15, 0.2) is 5.82 Å². The van der Waals surface area contributed by atoms with Crippen LogP contribution in [0.1, 0.15) is 0 Å². The highest BCUT2D eigenvalue weighted by Crippen LogP contribution is 2.30. The fraction of sp³-hybridized carbons (Fsp3) is 0. The van der Waals surface area contributed by atoms with Crippen LogP contribution in [0.3, 0.4) is 0 Å². The Morgan fingerprint density at radius 2 is 1.90 bits per heavy atom. The number of aromatic nitrogens is 2. The molecule has 0 saturated carbocycles. The van der Waals surface area contributed by atoms with Crippen LogP contribution in [0, 0.1) is 0 Å². The van der Waals surface area contributed by atoms with E-state index in [0.717, 1.165) is 14.9 Å². The molecule has 0 aliphatic carbocycles. The van der Waals surface area contributed by atoms with Gasteiger partial charge in [0.05, 0.1) is 10.6 Å². The van der Waals surface area contributed by atoms with E-state index in [1.165, 1.54) is 11.3 Å². The fourth-order valence-electron chi connectivity index (χ4n) is 1.80. The summed E-state index contributed by atoms with van der Waals surface area (Å²) in [4.78, 5) is 20.3. The van der Waals surface area contributed by atoms with E-state index in [-0.39, 0.29) is 5.56 Å². The van der Waals surface area contributed by atoms with Gasteiger partial charge in [0.1, 0.15) is 4.47 Å². The first kappa shape index (κ1) is 13.7. The molecule has 3 aromatic rings. The molecule has 1 N–H and O–H groups in total. The molecule has 1 aromatic carbocycles. The Labute approximate surface area is 136 Å². The largest absolute Gasteiger partial charge is 0.305 e. The van der Waals surface area contributed by atoms with Crippen molar-refractivity contribution < 1.29 is 0 Å². The fourth-order valence-corrected chi connectivity index (χ4v) is 3.59. The lowest BCUT2D eigenvalue weighted by molar-refractivity contribution is 1.12. The molecule has 3 nitrogen and oxygen atoms in total. The van der Waals surface area contributed by atoms with Crippen LogP contribution in [0.4, 0.5) is 0 Å².